The van der Waals surface area contributed by atoms with E-state index in [2.05, 4.69) is 166 Å². The van der Waals surface area contributed by atoms with Crippen LogP contribution >= 0.6 is 0 Å². The molecule has 3 aromatic heterocycles. The summed E-state index contributed by atoms with van der Waals surface area (Å²) in [7, 11) is 0. The van der Waals surface area contributed by atoms with Crippen LogP contribution in [-0.4, -0.2) is 9.55 Å². The van der Waals surface area contributed by atoms with Crippen molar-refractivity contribution in [2.75, 3.05) is 4.90 Å². The van der Waals surface area contributed by atoms with E-state index in [0.29, 0.717) is 5.71 Å². The van der Waals surface area contributed by atoms with E-state index in [1.165, 1.54) is 32.6 Å². The van der Waals surface area contributed by atoms with Gasteiger partial charge in [-0.05, 0) is 83.2 Å². The van der Waals surface area contributed by atoms with E-state index in [9.17, 15) is 0 Å². The van der Waals surface area contributed by atoms with Crippen LogP contribution in [0.5, 0.6) is 0 Å². The zero-order chi connectivity index (χ0) is 32.3. The Balaban J connectivity index is 1.09. The first-order valence-electron chi connectivity index (χ1n) is 16.5. The molecule has 0 aliphatic rings. The fourth-order valence-corrected chi connectivity index (χ4v) is 7.45. The third-order valence-electron chi connectivity index (χ3n) is 9.66. The Labute approximate surface area is 282 Å². The average Bonchev–Trinajstić information content (AvgIpc) is 3.72. The molecule has 230 valence electrons. The molecule has 4 nitrogen and oxygen atoms in total. The van der Waals surface area contributed by atoms with Crippen LogP contribution in [0.25, 0.3) is 71.5 Å². The molecule has 0 amide bonds. The van der Waals surface area contributed by atoms with Crippen molar-refractivity contribution in [3.63, 3.8) is 0 Å². The van der Waals surface area contributed by atoms with Gasteiger partial charge in [-0.3, -0.25) is 0 Å². The zero-order valence-electron chi connectivity index (χ0n) is 26.5. The first-order chi connectivity index (χ1) is 24.3. The number of hydrogen-bond donors (Lipinski definition) is 0. The Morgan fingerprint density at radius 3 is 1.96 bits per heavy atom. The maximum Gasteiger partial charge on any atom is 0.227 e. The monoisotopic (exact) mass is 627 g/mol. The molecule has 4 heteroatoms. The van der Waals surface area contributed by atoms with Gasteiger partial charge in [0.1, 0.15) is 5.58 Å². The minimum Gasteiger partial charge on any atom is -0.438 e. The van der Waals surface area contributed by atoms with Gasteiger partial charge < -0.3 is 13.9 Å². The first kappa shape index (κ1) is 27.5. The molecule has 0 saturated heterocycles. The van der Waals surface area contributed by atoms with Crippen LogP contribution in [-0.2, 0) is 0 Å². The molecule has 0 radical (unpaired) electrons. The predicted octanol–water partition coefficient (Wildman–Crippen LogP) is 12.4. The normalized spacial score (nSPS) is 11.7. The lowest BCUT2D eigenvalue weighted by Crippen LogP contribution is -2.10. The highest BCUT2D eigenvalue weighted by Crippen LogP contribution is 2.40. The molecular weight excluding hydrogens is 599 g/mol. The Bertz CT molecular complexity index is 2810. The van der Waals surface area contributed by atoms with Crippen LogP contribution in [0.3, 0.4) is 0 Å². The van der Waals surface area contributed by atoms with Crippen LogP contribution in [0, 0.1) is 0 Å². The summed E-state index contributed by atoms with van der Waals surface area (Å²) in [4.78, 5) is 6.84. The smallest absolute Gasteiger partial charge is 0.227 e. The maximum atomic E-state index is 6.08. The van der Waals surface area contributed by atoms with Gasteiger partial charge in [0.2, 0.25) is 5.71 Å². The molecule has 10 rings (SSSR count). The number of fused-ring (bicyclic) bond motifs is 8. The highest BCUT2D eigenvalue weighted by Gasteiger charge is 2.18. The molecule has 0 unspecified atom stereocenters. The van der Waals surface area contributed by atoms with Crippen molar-refractivity contribution in [3.05, 3.63) is 176 Å². The summed E-state index contributed by atoms with van der Waals surface area (Å²) in [5.74, 6) is 0. The van der Waals surface area contributed by atoms with Crippen LogP contribution in [0.2, 0.25) is 0 Å². The van der Waals surface area contributed by atoms with E-state index in [-0.39, 0.29) is 0 Å². The molecule has 0 spiro atoms. The summed E-state index contributed by atoms with van der Waals surface area (Å²) in [6, 6.07) is 60.3. The fraction of sp³-hybridized carbons (Fsp3) is 0. The molecule has 3 heterocycles. The molecule has 0 aliphatic carbocycles. The number of aromatic nitrogens is 2. The van der Waals surface area contributed by atoms with Gasteiger partial charge in [0.05, 0.1) is 16.4 Å². The quantitative estimate of drug-likeness (QED) is 0.190. The van der Waals surface area contributed by atoms with E-state index >= 15 is 0 Å². The average molecular weight is 628 g/mol. The third kappa shape index (κ3) is 4.35. The molecule has 49 heavy (non-hydrogen) atoms. The summed E-state index contributed by atoms with van der Waals surface area (Å²) >= 11 is 0. The molecule has 0 bridgehead atoms. The van der Waals surface area contributed by atoms with Crippen molar-refractivity contribution in [3.8, 4) is 16.8 Å². The Morgan fingerprint density at radius 2 is 1.14 bits per heavy atom. The van der Waals surface area contributed by atoms with E-state index in [4.69, 9.17) is 4.42 Å². The second kappa shape index (κ2) is 11.0. The summed E-state index contributed by atoms with van der Waals surface area (Å²) < 4.78 is 8.49. The van der Waals surface area contributed by atoms with Gasteiger partial charge in [-0.25, -0.2) is 4.98 Å². The second-order valence-electron chi connectivity index (χ2n) is 12.4. The highest BCUT2D eigenvalue weighted by molar-refractivity contribution is 6.18. The van der Waals surface area contributed by atoms with Gasteiger partial charge in [0.25, 0.3) is 0 Å². The fourth-order valence-electron chi connectivity index (χ4n) is 7.45. The van der Waals surface area contributed by atoms with Crippen molar-refractivity contribution in [1.82, 2.24) is 9.55 Å². The van der Waals surface area contributed by atoms with Crippen molar-refractivity contribution in [2.24, 2.45) is 0 Å². The number of para-hydroxylation sites is 3. The summed E-state index contributed by atoms with van der Waals surface area (Å²) in [6.45, 7) is 0. The van der Waals surface area contributed by atoms with Crippen molar-refractivity contribution in [2.45, 2.75) is 0 Å². The minimum atomic E-state index is 0.657. The maximum absolute atomic E-state index is 6.08. The predicted molar refractivity (Wildman–Crippen MR) is 203 cm³/mol. The van der Waals surface area contributed by atoms with E-state index in [0.717, 1.165) is 50.2 Å². The summed E-state index contributed by atoms with van der Waals surface area (Å²) in [5, 5.41) is 7.13. The van der Waals surface area contributed by atoms with Crippen molar-refractivity contribution >= 4 is 71.7 Å². The van der Waals surface area contributed by atoms with E-state index < -0.39 is 0 Å². The van der Waals surface area contributed by atoms with Crippen molar-refractivity contribution < 1.29 is 4.42 Å². The molecule has 0 saturated carbocycles. The van der Waals surface area contributed by atoms with Gasteiger partial charge in [-0.2, -0.15) is 0 Å². The lowest BCUT2D eigenvalue weighted by molar-refractivity contribution is 0.654. The Morgan fingerprint density at radius 1 is 0.490 bits per heavy atom. The topological polar surface area (TPSA) is 34.2 Å². The number of rotatable bonds is 5. The molecule has 0 atom stereocenters. The van der Waals surface area contributed by atoms with Gasteiger partial charge in [-0.15, -0.1) is 0 Å². The number of pyridine rings is 1. The molecule has 0 N–H and O–H groups in total. The third-order valence-corrected chi connectivity index (χ3v) is 9.66. The van der Waals surface area contributed by atoms with Gasteiger partial charge >= 0.3 is 0 Å². The SMILES string of the molecule is c1ccc(N(c2ccc(-c3ccnc4oc5ccccc5c34)cc2)c2ccc(-n3c4ccccc4c4ccc5ccccc5c43)cc2)cc1. The Hall–Kier alpha value is -6.65. The van der Waals surface area contributed by atoms with Gasteiger partial charge in [0.15, 0.2) is 0 Å². The van der Waals surface area contributed by atoms with Gasteiger partial charge in [-0.1, -0.05) is 103 Å². The molecule has 7 aromatic carbocycles. The van der Waals surface area contributed by atoms with E-state index in [1.807, 2.05) is 24.4 Å². The number of furan rings is 1. The number of nitrogens with zero attached hydrogens (tertiary/aromatic N) is 3. The minimum absolute atomic E-state index is 0.657. The summed E-state index contributed by atoms with van der Waals surface area (Å²) in [6.07, 6.45) is 1.83. The van der Waals surface area contributed by atoms with Crippen LogP contribution in [0.4, 0.5) is 17.1 Å². The van der Waals surface area contributed by atoms with Crippen LogP contribution in [0.15, 0.2) is 180 Å². The number of anilines is 3. The second-order valence-corrected chi connectivity index (χ2v) is 12.4. The number of hydrogen-bond acceptors (Lipinski definition) is 3. The lowest BCUT2D eigenvalue weighted by Gasteiger charge is -2.26. The lowest BCUT2D eigenvalue weighted by atomic mass is 10.0. The van der Waals surface area contributed by atoms with Crippen LogP contribution < -0.4 is 4.90 Å². The van der Waals surface area contributed by atoms with E-state index in [1.54, 1.807) is 0 Å². The zero-order valence-corrected chi connectivity index (χ0v) is 26.5. The van der Waals surface area contributed by atoms with Crippen molar-refractivity contribution in [1.29, 1.82) is 0 Å². The number of benzene rings is 7. The molecule has 0 fully saturated rings. The molecule has 10 aromatic rings. The molecule has 0 aliphatic heterocycles. The van der Waals surface area contributed by atoms with Crippen LogP contribution in [0.1, 0.15) is 0 Å². The standard InChI is InChI=1S/C45H29N3O/c1-2-11-32(12-3-1)47(33-21-18-31(19-22-33)36-28-29-46-45-43(36)40-15-7-9-17-42(40)49-45)34-23-25-35(26-24-34)48-41-16-8-6-14-38(41)39-27-20-30-10-4-5-13-37(30)44(39)48/h1-29H. The first-order valence-corrected chi connectivity index (χ1v) is 16.5. The summed E-state index contributed by atoms with van der Waals surface area (Å²) in [5.41, 5.74) is 10.5. The van der Waals surface area contributed by atoms with Gasteiger partial charge in [0, 0.05) is 50.5 Å². The highest BCUT2D eigenvalue weighted by atomic mass is 16.3. The largest absolute Gasteiger partial charge is 0.438 e. The Kier molecular flexibility index (Phi) is 6.15. The molecular formula is C45H29N3O.